The van der Waals surface area contributed by atoms with Crippen LogP contribution in [0.3, 0.4) is 0 Å². The molecule has 0 spiro atoms. The second-order valence-electron chi connectivity index (χ2n) is 8.04. The van der Waals surface area contributed by atoms with Crippen LogP contribution in [0.25, 0.3) is 11.1 Å². The van der Waals surface area contributed by atoms with E-state index in [9.17, 15) is 0 Å². The van der Waals surface area contributed by atoms with Crippen molar-refractivity contribution < 1.29 is 0 Å². The van der Waals surface area contributed by atoms with Crippen molar-refractivity contribution in [1.82, 2.24) is 0 Å². The van der Waals surface area contributed by atoms with Crippen LogP contribution in [0.5, 0.6) is 0 Å². The molecular weight excluding hydrogens is 360 g/mol. The van der Waals surface area contributed by atoms with E-state index in [-0.39, 0.29) is 0 Å². The molecule has 0 atom stereocenters. The first-order chi connectivity index (χ1) is 14.6. The number of hydrogen-bond acceptors (Lipinski definition) is 0. The zero-order chi connectivity index (χ0) is 20.9. The molecule has 148 valence electrons. The molecule has 0 saturated heterocycles. The maximum Gasteiger partial charge on any atom is -0.00108 e. The summed E-state index contributed by atoms with van der Waals surface area (Å²) < 4.78 is 0. The van der Waals surface area contributed by atoms with Gasteiger partial charge in [-0.25, -0.2) is 0 Å². The maximum atomic E-state index is 4.45. The molecule has 0 aromatic heterocycles. The van der Waals surface area contributed by atoms with Crippen LogP contribution in [0.2, 0.25) is 0 Å². The van der Waals surface area contributed by atoms with E-state index >= 15 is 0 Å². The molecule has 1 aliphatic rings. The van der Waals surface area contributed by atoms with Gasteiger partial charge in [-0.2, -0.15) is 0 Å². The molecule has 1 aliphatic carbocycles. The molecule has 3 aromatic rings. The highest BCUT2D eigenvalue weighted by Crippen LogP contribution is 2.32. The van der Waals surface area contributed by atoms with Crippen molar-refractivity contribution in [2.75, 3.05) is 0 Å². The second kappa shape index (κ2) is 8.97. The molecule has 0 saturated carbocycles. The lowest BCUT2D eigenvalue weighted by Gasteiger charge is -2.18. The fraction of sp³-hybridized carbons (Fsp3) is 0.133. The topological polar surface area (TPSA) is 0 Å². The Balaban J connectivity index is 1.76. The molecule has 30 heavy (non-hydrogen) atoms. The molecule has 0 fully saturated rings. The first-order valence-electron chi connectivity index (χ1n) is 10.6. The molecule has 4 rings (SSSR count). The summed E-state index contributed by atoms with van der Waals surface area (Å²) in [4.78, 5) is 0. The molecule has 0 radical (unpaired) electrons. The Hall–Kier alpha value is -3.38. The van der Waals surface area contributed by atoms with Gasteiger partial charge in [-0.15, -0.1) is 0 Å². The summed E-state index contributed by atoms with van der Waals surface area (Å²) in [7, 11) is 0. The Morgan fingerprint density at radius 2 is 1.60 bits per heavy atom. The Labute approximate surface area is 180 Å². The average molecular weight is 389 g/mol. The third-order valence-electron chi connectivity index (χ3n) is 5.75. The van der Waals surface area contributed by atoms with Gasteiger partial charge >= 0.3 is 0 Å². The first kappa shape index (κ1) is 19.9. The van der Waals surface area contributed by atoms with Gasteiger partial charge in [-0.3, -0.25) is 0 Å². The molecule has 3 aromatic carbocycles. The van der Waals surface area contributed by atoms with Crippen molar-refractivity contribution in [3.05, 3.63) is 143 Å². The fourth-order valence-electron chi connectivity index (χ4n) is 4.04. The summed E-state index contributed by atoms with van der Waals surface area (Å²) in [5.74, 6) is 0. The van der Waals surface area contributed by atoms with E-state index in [0.717, 1.165) is 18.4 Å². The van der Waals surface area contributed by atoms with E-state index in [0.29, 0.717) is 0 Å². The lowest BCUT2D eigenvalue weighted by molar-refractivity contribution is 1.18. The third kappa shape index (κ3) is 4.44. The largest absolute Gasteiger partial charge is 0.0905 e. The number of aryl methyl sites for hydroxylation is 2. The van der Waals surface area contributed by atoms with Crippen LogP contribution in [-0.4, -0.2) is 0 Å². The molecule has 0 aliphatic heterocycles. The minimum Gasteiger partial charge on any atom is -0.0905 e. The van der Waals surface area contributed by atoms with Gasteiger partial charge in [0.25, 0.3) is 0 Å². The van der Waals surface area contributed by atoms with Gasteiger partial charge in [-0.05, 0) is 65.7 Å². The van der Waals surface area contributed by atoms with Crippen molar-refractivity contribution in [1.29, 1.82) is 0 Å². The third-order valence-corrected chi connectivity index (χ3v) is 5.75. The van der Waals surface area contributed by atoms with Gasteiger partial charge in [-0.1, -0.05) is 115 Å². The number of allylic oxidation sites excluding steroid dienone is 6. The molecule has 0 nitrogen and oxygen atoms in total. The van der Waals surface area contributed by atoms with E-state index in [2.05, 4.69) is 118 Å². The van der Waals surface area contributed by atoms with Crippen LogP contribution in [0.15, 0.2) is 109 Å². The molecule has 0 bridgehead atoms. The van der Waals surface area contributed by atoms with E-state index < -0.39 is 0 Å². The quantitative estimate of drug-likeness (QED) is 0.417. The summed E-state index contributed by atoms with van der Waals surface area (Å²) >= 11 is 0. The first-order valence-corrected chi connectivity index (χ1v) is 10.6. The van der Waals surface area contributed by atoms with Crippen molar-refractivity contribution >= 4 is 11.1 Å². The van der Waals surface area contributed by atoms with Crippen molar-refractivity contribution in [3.63, 3.8) is 0 Å². The molecule has 0 heterocycles. The lowest BCUT2D eigenvalue weighted by atomic mass is 9.86. The SMILES string of the molecule is C=C(c1ccc(C)cc1)c1ccccc1C/C(=C1/C=CC=CC1)c1cccc(C)c1. The lowest BCUT2D eigenvalue weighted by Crippen LogP contribution is -2.00. The fourth-order valence-corrected chi connectivity index (χ4v) is 4.04. The van der Waals surface area contributed by atoms with E-state index in [4.69, 9.17) is 0 Å². The van der Waals surface area contributed by atoms with Crippen LogP contribution < -0.4 is 0 Å². The summed E-state index contributed by atoms with van der Waals surface area (Å²) in [6.07, 6.45) is 10.6. The zero-order valence-electron chi connectivity index (χ0n) is 17.9. The summed E-state index contributed by atoms with van der Waals surface area (Å²) in [5, 5.41) is 0. The minimum atomic E-state index is 0.887. The standard InChI is InChI=1S/C30H28/c1-22-16-18-25(19-17-22)24(3)29-15-8-7-13-28(29)21-30(26-11-5-4-6-12-26)27-14-9-10-23(2)20-27/h4-11,13-20H,3,12,21H2,1-2H3/b30-26+. The van der Waals surface area contributed by atoms with Crippen LogP contribution >= 0.6 is 0 Å². The highest BCUT2D eigenvalue weighted by Gasteiger charge is 2.14. The Morgan fingerprint density at radius 3 is 2.33 bits per heavy atom. The predicted octanol–water partition coefficient (Wildman–Crippen LogP) is 7.88. The van der Waals surface area contributed by atoms with Crippen LogP contribution in [0, 0.1) is 13.8 Å². The highest BCUT2D eigenvalue weighted by atomic mass is 14.2. The summed E-state index contributed by atoms with van der Waals surface area (Å²) in [5.41, 5.74) is 11.4. The number of rotatable bonds is 5. The van der Waals surface area contributed by atoms with E-state index in [1.165, 1.54) is 44.5 Å². The monoisotopic (exact) mass is 388 g/mol. The second-order valence-corrected chi connectivity index (χ2v) is 8.04. The molecule has 0 amide bonds. The molecule has 0 heteroatoms. The van der Waals surface area contributed by atoms with Gasteiger partial charge in [0.05, 0.1) is 0 Å². The van der Waals surface area contributed by atoms with Gasteiger partial charge in [0.2, 0.25) is 0 Å². The molecule has 0 unspecified atom stereocenters. The summed E-state index contributed by atoms with van der Waals surface area (Å²) in [6.45, 7) is 8.73. The van der Waals surface area contributed by atoms with Crippen molar-refractivity contribution in [2.45, 2.75) is 26.7 Å². The van der Waals surface area contributed by atoms with Crippen molar-refractivity contribution in [3.8, 4) is 0 Å². The number of benzene rings is 3. The summed E-state index contributed by atoms with van der Waals surface area (Å²) in [6, 6.07) is 26.2. The molecule has 0 N–H and O–H groups in total. The van der Waals surface area contributed by atoms with Crippen LogP contribution in [0.1, 0.15) is 39.8 Å². The molecular formula is C30H28. The van der Waals surface area contributed by atoms with Gasteiger partial charge in [0, 0.05) is 0 Å². The maximum absolute atomic E-state index is 4.45. The van der Waals surface area contributed by atoms with Gasteiger partial charge < -0.3 is 0 Å². The Bertz CT molecular complexity index is 1150. The zero-order valence-corrected chi connectivity index (χ0v) is 17.9. The highest BCUT2D eigenvalue weighted by molar-refractivity contribution is 5.82. The normalized spacial score (nSPS) is 14.6. The van der Waals surface area contributed by atoms with Crippen LogP contribution in [-0.2, 0) is 6.42 Å². The van der Waals surface area contributed by atoms with Gasteiger partial charge in [0.15, 0.2) is 0 Å². The van der Waals surface area contributed by atoms with E-state index in [1.54, 1.807) is 0 Å². The average Bonchev–Trinajstić information content (AvgIpc) is 2.78. The predicted molar refractivity (Wildman–Crippen MR) is 130 cm³/mol. The Morgan fingerprint density at radius 1 is 0.800 bits per heavy atom. The van der Waals surface area contributed by atoms with Crippen LogP contribution in [0.4, 0.5) is 0 Å². The van der Waals surface area contributed by atoms with Gasteiger partial charge in [0.1, 0.15) is 0 Å². The Kier molecular flexibility index (Phi) is 5.95. The minimum absolute atomic E-state index is 0.887. The smallest absolute Gasteiger partial charge is 0.00108 e. The van der Waals surface area contributed by atoms with Crippen molar-refractivity contribution in [2.24, 2.45) is 0 Å². The van der Waals surface area contributed by atoms with E-state index in [1.807, 2.05) is 0 Å². The number of hydrogen-bond donors (Lipinski definition) is 0.